The van der Waals surface area contributed by atoms with Gasteiger partial charge in [0.1, 0.15) is 5.75 Å². The average molecular weight is 859 g/mol. The van der Waals surface area contributed by atoms with Gasteiger partial charge in [0.15, 0.2) is 5.75 Å². The van der Waals surface area contributed by atoms with E-state index in [0.29, 0.717) is 23.5 Å². The summed E-state index contributed by atoms with van der Waals surface area (Å²) in [7, 11) is 8.57. The first-order chi connectivity index (χ1) is 30.1. The van der Waals surface area contributed by atoms with Gasteiger partial charge in [-0.2, -0.15) is 10.2 Å². The van der Waals surface area contributed by atoms with Gasteiger partial charge in [-0.15, -0.1) is 0 Å². The summed E-state index contributed by atoms with van der Waals surface area (Å²) < 4.78 is 14.7. The Kier molecular flexibility index (Phi) is 16.5. The number of nitrogens with zero attached hydrogens (tertiary/aromatic N) is 11. The summed E-state index contributed by atoms with van der Waals surface area (Å²) in [6, 6.07) is 8.91. The molecule has 0 spiro atoms. The summed E-state index contributed by atoms with van der Waals surface area (Å²) in [5.74, 6) is 1.04. The van der Waals surface area contributed by atoms with Gasteiger partial charge in [-0.25, -0.2) is 0 Å². The summed E-state index contributed by atoms with van der Waals surface area (Å²) in [5, 5.41) is 27.5. The Balaban J connectivity index is 0.000000199. The van der Waals surface area contributed by atoms with Crippen molar-refractivity contribution in [3.8, 4) is 33.8 Å². The molecule has 0 radical (unpaired) electrons. The number of methoxy groups -OCH3 is 2. The van der Waals surface area contributed by atoms with Gasteiger partial charge >= 0.3 is 5.69 Å². The molecule has 0 amide bonds. The van der Waals surface area contributed by atoms with E-state index >= 15 is 0 Å². The molecule has 3 N–H and O–H groups in total. The van der Waals surface area contributed by atoms with E-state index in [9.17, 15) is 10.1 Å². The lowest BCUT2D eigenvalue weighted by Crippen LogP contribution is -2.52. The molecule has 340 valence electrons. The van der Waals surface area contributed by atoms with Gasteiger partial charge < -0.3 is 39.9 Å². The highest BCUT2D eigenvalue weighted by Crippen LogP contribution is 2.42. The highest BCUT2D eigenvalue weighted by atomic mass is 16.6. The topological polar surface area (TPSA) is 163 Å². The molecule has 4 aromatic rings. The van der Waals surface area contributed by atoms with E-state index in [2.05, 4.69) is 72.9 Å². The number of piperazine rings is 2. The predicted octanol–water partition coefficient (Wildman–Crippen LogP) is 4.69. The summed E-state index contributed by atoms with van der Waals surface area (Å²) in [6.07, 6.45) is 12.4. The van der Waals surface area contributed by atoms with E-state index in [4.69, 9.17) is 20.3 Å². The molecule has 17 heteroatoms. The number of likely N-dealkylation sites (N-methyl/N-ethyl adjacent to an activating group) is 2. The molecular weight excluding hydrogens is 789 g/mol. The average Bonchev–Trinajstić information content (AvgIpc) is 4.01. The van der Waals surface area contributed by atoms with Crippen LogP contribution in [-0.2, 0) is 13.1 Å². The number of aryl methyl sites for hydroxylation is 2. The fourth-order valence-electron chi connectivity index (χ4n) is 9.28. The molecule has 0 unspecified atom stereocenters. The third-order valence-electron chi connectivity index (χ3n) is 13.1. The zero-order chi connectivity index (χ0) is 44.3. The van der Waals surface area contributed by atoms with Gasteiger partial charge in [0.25, 0.3) is 0 Å². The minimum atomic E-state index is -0.379. The molecule has 6 heterocycles. The standard InChI is InChI=1S/C22H32N6O3.C22H34N6O.CH4O/c1-4-27-16-17(15-23-27)19-13-21(28(29)30)22(31-3)14-20(19)26-7-5-18(6-8-26)25-11-9-24(2)10-12-25;1-4-28-16-17(15-24-28)19-13-20(23)22(29-3)14-21(19)27-7-5-18(6-8-27)26-11-9-25(2)10-12-26;1-2/h13-16,18H,4-12H2,1-3H3;13-16,18H,4-12,23H2,1-3H3;2H,1H3. The maximum atomic E-state index is 11.6. The number of hydrogen-bond donors (Lipinski definition) is 2. The fourth-order valence-corrected chi connectivity index (χ4v) is 9.28. The molecule has 0 atom stereocenters. The molecule has 4 saturated heterocycles. The van der Waals surface area contributed by atoms with E-state index in [1.807, 2.05) is 40.8 Å². The van der Waals surface area contributed by atoms with Crippen molar-refractivity contribution < 1.29 is 19.5 Å². The van der Waals surface area contributed by atoms with Gasteiger partial charge in [0.2, 0.25) is 0 Å². The second kappa shape index (κ2) is 21.9. The molecule has 4 aliphatic heterocycles. The summed E-state index contributed by atoms with van der Waals surface area (Å²) in [5.41, 5.74) is 13.1. The first-order valence-corrected chi connectivity index (χ1v) is 22.3. The highest BCUT2D eigenvalue weighted by Gasteiger charge is 2.31. The summed E-state index contributed by atoms with van der Waals surface area (Å²) >= 11 is 0. The Morgan fingerprint density at radius 3 is 1.44 bits per heavy atom. The summed E-state index contributed by atoms with van der Waals surface area (Å²) in [6.45, 7) is 19.0. The lowest BCUT2D eigenvalue weighted by atomic mass is 9.98. The molecule has 0 bridgehead atoms. The van der Waals surface area contributed by atoms with Crippen LogP contribution in [0.1, 0.15) is 39.5 Å². The number of hydrogen-bond acceptors (Lipinski definition) is 14. The largest absolute Gasteiger partial charge is 0.495 e. The van der Waals surface area contributed by atoms with Crippen LogP contribution in [-0.4, -0.2) is 175 Å². The third-order valence-corrected chi connectivity index (χ3v) is 13.1. The molecule has 0 aliphatic carbocycles. The summed E-state index contributed by atoms with van der Waals surface area (Å²) in [4.78, 5) is 26.2. The van der Waals surface area contributed by atoms with Crippen molar-refractivity contribution in [2.45, 2.75) is 64.7 Å². The molecule has 17 nitrogen and oxygen atoms in total. The molecule has 8 rings (SSSR count). The number of nitrogens with two attached hydrogens (primary N) is 1. The quantitative estimate of drug-likeness (QED) is 0.121. The van der Waals surface area contributed by atoms with Crippen LogP contribution in [0.15, 0.2) is 49.1 Å². The Morgan fingerprint density at radius 2 is 1.06 bits per heavy atom. The van der Waals surface area contributed by atoms with Crippen molar-refractivity contribution in [3.63, 3.8) is 0 Å². The number of nitrogen functional groups attached to an aromatic ring is 1. The molecule has 4 aliphatic rings. The normalized spacial score (nSPS) is 18.8. The van der Waals surface area contributed by atoms with Crippen LogP contribution in [0, 0.1) is 10.1 Å². The Labute approximate surface area is 367 Å². The van der Waals surface area contributed by atoms with Gasteiger partial charge in [0, 0.05) is 175 Å². The molecule has 0 saturated carbocycles. The minimum absolute atomic E-state index is 0.0159. The van der Waals surface area contributed by atoms with E-state index in [1.54, 1.807) is 19.4 Å². The van der Waals surface area contributed by atoms with E-state index in [-0.39, 0.29) is 10.6 Å². The van der Waals surface area contributed by atoms with Gasteiger partial charge in [-0.3, -0.25) is 29.3 Å². The Hall–Kier alpha value is -4.94. The van der Waals surface area contributed by atoms with Crippen LogP contribution in [0.4, 0.5) is 22.7 Å². The zero-order valence-corrected chi connectivity index (χ0v) is 38.1. The number of benzene rings is 2. The van der Waals surface area contributed by atoms with Crippen molar-refractivity contribution in [3.05, 3.63) is 59.2 Å². The SMILES string of the molecule is CCn1cc(-c2cc(N)c(OC)cc2N2CCC(N3CCN(C)CC3)CC2)cn1.CCn1cc(-c2cc([N+](=O)[O-])c(OC)cc2N2CCC(N3CCN(C)CC3)CC2)cn1.CO. The molecule has 2 aromatic carbocycles. The van der Waals surface area contributed by atoms with Crippen LogP contribution < -0.4 is 25.0 Å². The number of nitro benzene ring substituents is 1. The second-order valence-electron chi connectivity index (χ2n) is 16.7. The fraction of sp³-hybridized carbons (Fsp3) is 0.600. The number of aromatic nitrogens is 4. The number of aliphatic hydroxyl groups is 1. The van der Waals surface area contributed by atoms with Gasteiger partial charge in [0.05, 0.1) is 37.2 Å². The van der Waals surface area contributed by atoms with Crippen LogP contribution in [0.5, 0.6) is 11.5 Å². The molecular formula is C45H70N12O5. The maximum absolute atomic E-state index is 11.6. The third kappa shape index (κ3) is 11.0. The second-order valence-corrected chi connectivity index (χ2v) is 16.7. The Bertz CT molecular complexity index is 2020. The number of piperidine rings is 2. The maximum Gasteiger partial charge on any atom is 0.311 e. The smallest absolute Gasteiger partial charge is 0.311 e. The van der Waals surface area contributed by atoms with Crippen LogP contribution in [0.2, 0.25) is 0 Å². The lowest BCUT2D eigenvalue weighted by Gasteiger charge is -2.43. The van der Waals surface area contributed by atoms with Crippen molar-refractivity contribution in [2.75, 3.05) is 129 Å². The van der Waals surface area contributed by atoms with Crippen LogP contribution in [0.3, 0.4) is 0 Å². The first kappa shape index (κ1) is 46.6. The highest BCUT2D eigenvalue weighted by molar-refractivity contribution is 5.84. The number of ether oxygens (including phenoxy) is 2. The van der Waals surface area contributed by atoms with Crippen LogP contribution in [0.25, 0.3) is 22.3 Å². The van der Waals surface area contributed by atoms with Gasteiger partial charge in [-0.05, 0) is 59.7 Å². The van der Waals surface area contributed by atoms with Crippen molar-refractivity contribution >= 4 is 22.7 Å². The van der Waals surface area contributed by atoms with Crippen molar-refractivity contribution in [2.24, 2.45) is 0 Å². The van der Waals surface area contributed by atoms with E-state index in [0.717, 1.165) is 119 Å². The first-order valence-electron chi connectivity index (χ1n) is 22.3. The van der Waals surface area contributed by atoms with Gasteiger partial charge in [-0.1, -0.05) is 0 Å². The monoisotopic (exact) mass is 859 g/mol. The number of anilines is 3. The predicted molar refractivity (Wildman–Crippen MR) is 248 cm³/mol. The number of aliphatic hydroxyl groups excluding tert-OH is 1. The number of nitro groups is 1. The Morgan fingerprint density at radius 1 is 0.661 bits per heavy atom. The van der Waals surface area contributed by atoms with Crippen molar-refractivity contribution in [1.82, 2.24) is 39.2 Å². The van der Waals surface area contributed by atoms with Crippen LogP contribution >= 0.6 is 0 Å². The molecule has 2 aromatic heterocycles. The van der Waals surface area contributed by atoms with E-state index < -0.39 is 0 Å². The molecule has 62 heavy (non-hydrogen) atoms. The number of rotatable bonds is 11. The minimum Gasteiger partial charge on any atom is -0.495 e. The van der Waals surface area contributed by atoms with E-state index in [1.165, 1.54) is 51.8 Å². The van der Waals surface area contributed by atoms with Crippen molar-refractivity contribution in [1.29, 1.82) is 0 Å². The molecule has 4 fully saturated rings. The zero-order valence-electron chi connectivity index (χ0n) is 38.1. The lowest BCUT2D eigenvalue weighted by molar-refractivity contribution is -0.385.